The fourth-order valence-electron chi connectivity index (χ4n) is 4.47. The van der Waals surface area contributed by atoms with E-state index >= 15 is 0 Å². The van der Waals surface area contributed by atoms with Gasteiger partial charge in [0.1, 0.15) is 0 Å². The number of halogens is 2. The molecule has 0 aromatic carbocycles. The van der Waals surface area contributed by atoms with Crippen molar-refractivity contribution in [1.82, 2.24) is 15.5 Å². The van der Waals surface area contributed by atoms with Gasteiger partial charge in [-0.15, -0.1) is 24.8 Å². The Balaban J connectivity index is 0.00000132. The highest BCUT2D eigenvalue weighted by Crippen LogP contribution is 2.27. The number of rotatable bonds is 4. The summed E-state index contributed by atoms with van der Waals surface area (Å²) in [5.41, 5.74) is 0. The van der Waals surface area contributed by atoms with E-state index in [0.29, 0.717) is 24.3 Å². The molecular weight excluding hydrogens is 333 g/mol. The first-order valence-corrected chi connectivity index (χ1v) is 8.96. The average Bonchev–Trinajstić information content (AvgIpc) is 2.95. The second-order valence-corrected chi connectivity index (χ2v) is 7.41. The summed E-state index contributed by atoms with van der Waals surface area (Å²) in [5, 5.41) is 6.77. The van der Waals surface area contributed by atoms with E-state index in [1.165, 1.54) is 45.2 Å². The molecular formula is C17H33Cl2N3O. The molecule has 0 radical (unpaired) electrons. The largest absolute Gasteiger partial charge is 0.353 e. The van der Waals surface area contributed by atoms with Crippen LogP contribution in [0.3, 0.4) is 0 Å². The first kappa shape index (κ1) is 21.0. The van der Waals surface area contributed by atoms with Crippen molar-refractivity contribution in [3.63, 3.8) is 0 Å². The number of amides is 1. The lowest BCUT2D eigenvalue weighted by Crippen LogP contribution is -2.47. The molecule has 136 valence electrons. The van der Waals surface area contributed by atoms with E-state index in [0.717, 1.165) is 25.6 Å². The Morgan fingerprint density at radius 2 is 2.04 bits per heavy atom. The number of carbonyl (C=O) groups excluding carboxylic acids is 1. The van der Waals surface area contributed by atoms with Gasteiger partial charge in [0.25, 0.3) is 0 Å². The maximum Gasteiger partial charge on any atom is 0.220 e. The van der Waals surface area contributed by atoms with Gasteiger partial charge in [0.05, 0.1) is 0 Å². The van der Waals surface area contributed by atoms with Crippen LogP contribution in [0, 0.1) is 11.8 Å². The van der Waals surface area contributed by atoms with Gasteiger partial charge in [-0.3, -0.25) is 4.79 Å². The van der Waals surface area contributed by atoms with E-state index in [4.69, 9.17) is 0 Å². The Hall–Kier alpha value is -0.0300. The number of hydrogen-bond donors (Lipinski definition) is 2. The third kappa shape index (κ3) is 5.77. The van der Waals surface area contributed by atoms with E-state index < -0.39 is 0 Å². The molecule has 0 bridgehead atoms. The van der Waals surface area contributed by atoms with Crippen molar-refractivity contribution < 1.29 is 4.79 Å². The van der Waals surface area contributed by atoms with Crippen LogP contribution in [0.25, 0.3) is 0 Å². The van der Waals surface area contributed by atoms with Gasteiger partial charge >= 0.3 is 0 Å². The monoisotopic (exact) mass is 365 g/mol. The van der Waals surface area contributed by atoms with Gasteiger partial charge in [0.2, 0.25) is 5.91 Å². The molecule has 1 amide bonds. The van der Waals surface area contributed by atoms with Crippen LogP contribution in [0.15, 0.2) is 0 Å². The minimum absolute atomic E-state index is 0. The lowest BCUT2D eigenvalue weighted by molar-refractivity contribution is -0.123. The Kier molecular flexibility index (Phi) is 9.20. The highest BCUT2D eigenvalue weighted by molar-refractivity contribution is 5.85. The van der Waals surface area contributed by atoms with E-state index in [9.17, 15) is 4.79 Å². The topological polar surface area (TPSA) is 44.4 Å². The van der Waals surface area contributed by atoms with Crippen molar-refractivity contribution in [1.29, 1.82) is 0 Å². The first-order valence-electron chi connectivity index (χ1n) is 8.96. The number of nitrogens with one attached hydrogen (secondary N) is 2. The molecule has 0 spiro atoms. The molecule has 4 atom stereocenters. The third-order valence-electron chi connectivity index (χ3n) is 5.83. The molecule has 3 heterocycles. The summed E-state index contributed by atoms with van der Waals surface area (Å²) in [4.78, 5) is 14.9. The average molecular weight is 366 g/mol. The summed E-state index contributed by atoms with van der Waals surface area (Å²) in [6.45, 7) is 6.94. The standard InChI is InChI=1S/C17H31N3O.2ClH/c1-13(14-4-2-7-18-12-14)10-17(21)19-15-6-9-20-8-3-5-16(20)11-15;;/h13-16,18H,2-12H2,1H3,(H,19,21);2*1H. The Morgan fingerprint density at radius 3 is 2.78 bits per heavy atom. The van der Waals surface area contributed by atoms with Gasteiger partial charge in [-0.25, -0.2) is 0 Å². The minimum Gasteiger partial charge on any atom is -0.353 e. The molecule has 3 saturated heterocycles. The SMILES string of the molecule is CC(CC(=O)NC1CCN2CCCC2C1)C1CCCNC1.Cl.Cl. The van der Waals surface area contributed by atoms with Crippen molar-refractivity contribution in [3.05, 3.63) is 0 Å². The zero-order chi connectivity index (χ0) is 14.7. The van der Waals surface area contributed by atoms with Crippen molar-refractivity contribution in [2.75, 3.05) is 26.2 Å². The number of nitrogens with zero attached hydrogens (tertiary/aromatic N) is 1. The zero-order valence-corrected chi connectivity index (χ0v) is 15.9. The van der Waals surface area contributed by atoms with Crippen LogP contribution in [0.4, 0.5) is 0 Å². The van der Waals surface area contributed by atoms with Crippen molar-refractivity contribution >= 4 is 30.7 Å². The lowest BCUT2D eigenvalue weighted by Gasteiger charge is -2.35. The van der Waals surface area contributed by atoms with Crippen molar-refractivity contribution in [2.24, 2.45) is 11.8 Å². The normalized spacial score (nSPS) is 32.1. The fourth-order valence-corrected chi connectivity index (χ4v) is 4.47. The molecule has 4 nitrogen and oxygen atoms in total. The molecule has 2 N–H and O–H groups in total. The van der Waals surface area contributed by atoms with Crippen LogP contribution >= 0.6 is 24.8 Å². The molecule has 3 aliphatic rings. The van der Waals surface area contributed by atoms with Crippen LogP contribution in [0.5, 0.6) is 0 Å². The maximum atomic E-state index is 12.3. The first-order chi connectivity index (χ1) is 10.2. The van der Waals surface area contributed by atoms with E-state index in [1.807, 2.05) is 0 Å². The van der Waals surface area contributed by atoms with Gasteiger partial charge in [-0.1, -0.05) is 6.92 Å². The quantitative estimate of drug-likeness (QED) is 0.804. The van der Waals surface area contributed by atoms with Crippen LogP contribution in [-0.2, 0) is 4.79 Å². The van der Waals surface area contributed by atoms with Gasteiger partial charge in [0, 0.05) is 25.0 Å². The van der Waals surface area contributed by atoms with Gasteiger partial charge < -0.3 is 15.5 Å². The second-order valence-electron chi connectivity index (χ2n) is 7.41. The third-order valence-corrected chi connectivity index (χ3v) is 5.83. The molecule has 0 saturated carbocycles. The molecule has 0 aliphatic carbocycles. The molecule has 6 heteroatoms. The van der Waals surface area contributed by atoms with Gasteiger partial charge in [-0.2, -0.15) is 0 Å². The van der Waals surface area contributed by atoms with Crippen LogP contribution < -0.4 is 10.6 Å². The van der Waals surface area contributed by atoms with Crippen molar-refractivity contribution in [2.45, 2.75) is 64.0 Å². The van der Waals surface area contributed by atoms with Crippen molar-refractivity contribution in [3.8, 4) is 0 Å². The summed E-state index contributed by atoms with van der Waals surface area (Å²) in [6, 6.07) is 1.16. The van der Waals surface area contributed by atoms with E-state index in [-0.39, 0.29) is 30.7 Å². The van der Waals surface area contributed by atoms with E-state index in [2.05, 4.69) is 22.5 Å². The molecule has 3 aliphatic heterocycles. The van der Waals surface area contributed by atoms with Crippen LogP contribution in [0.2, 0.25) is 0 Å². The lowest BCUT2D eigenvalue weighted by atomic mass is 9.85. The minimum atomic E-state index is 0. The molecule has 0 aromatic heterocycles. The summed E-state index contributed by atoms with van der Waals surface area (Å²) in [6.07, 6.45) is 8.23. The smallest absolute Gasteiger partial charge is 0.220 e. The van der Waals surface area contributed by atoms with Gasteiger partial charge in [-0.05, 0) is 70.0 Å². The fraction of sp³-hybridized carbons (Fsp3) is 0.941. The zero-order valence-electron chi connectivity index (χ0n) is 14.3. The Labute approximate surface area is 153 Å². The van der Waals surface area contributed by atoms with Crippen LogP contribution in [-0.4, -0.2) is 49.1 Å². The summed E-state index contributed by atoms with van der Waals surface area (Å²) in [7, 11) is 0. The second kappa shape index (κ2) is 10.1. The summed E-state index contributed by atoms with van der Waals surface area (Å²) >= 11 is 0. The molecule has 3 rings (SSSR count). The number of carbonyl (C=O) groups is 1. The summed E-state index contributed by atoms with van der Waals surface area (Å²) in [5.74, 6) is 1.47. The Bertz CT molecular complexity index is 364. The number of hydrogen-bond acceptors (Lipinski definition) is 3. The predicted octanol–water partition coefficient (Wildman–Crippen LogP) is 2.60. The predicted molar refractivity (Wildman–Crippen MR) is 99.6 cm³/mol. The molecule has 0 aromatic rings. The molecule has 23 heavy (non-hydrogen) atoms. The highest BCUT2D eigenvalue weighted by Gasteiger charge is 2.32. The maximum absolute atomic E-state index is 12.3. The highest BCUT2D eigenvalue weighted by atomic mass is 35.5. The number of fused-ring (bicyclic) bond motifs is 1. The summed E-state index contributed by atoms with van der Waals surface area (Å²) < 4.78 is 0. The van der Waals surface area contributed by atoms with Gasteiger partial charge in [0.15, 0.2) is 0 Å². The molecule has 3 fully saturated rings. The van der Waals surface area contributed by atoms with E-state index in [1.54, 1.807) is 0 Å². The Morgan fingerprint density at radius 1 is 1.22 bits per heavy atom. The number of piperidine rings is 2. The van der Waals surface area contributed by atoms with Crippen LogP contribution in [0.1, 0.15) is 51.9 Å². The molecule has 4 unspecified atom stereocenters.